The fraction of sp³-hybridized carbons (Fsp3) is 0.375. The number of rotatable bonds is 3. The first-order chi connectivity index (χ1) is 6.56. The van der Waals surface area contributed by atoms with Crippen LogP contribution >= 0.6 is 0 Å². The van der Waals surface area contributed by atoms with Gasteiger partial charge in [0.15, 0.2) is 0 Å². The number of nitrogens with zero attached hydrogens (tertiary/aromatic N) is 2. The minimum atomic E-state index is -0.989. The molecular formula is C8H11N3O3. The number of aromatic nitrogens is 2. The van der Waals surface area contributed by atoms with Crippen molar-refractivity contribution in [2.45, 2.75) is 13.0 Å². The topological polar surface area (TPSA) is 84.2 Å². The zero-order valence-electron chi connectivity index (χ0n) is 7.89. The molecule has 0 aliphatic rings. The molecule has 1 aromatic heterocycles. The van der Waals surface area contributed by atoms with Crippen molar-refractivity contribution in [1.82, 2.24) is 15.1 Å². The van der Waals surface area contributed by atoms with Crippen molar-refractivity contribution in [3.05, 3.63) is 18.0 Å². The minimum absolute atomic E-state index is 0.283. The minimum Gasteiger partial charge on any atom is -0.480 e. The number of carboxylic acids is 1. The van der Waals surface area contributed by atoms with Gasteiger partial charge in [0.1, 0.15) is 6.04 Å². The number of carbonyl (C=O) groups is 2. The molecule has 1 aromatic rings. The normalized spacial score (nSPS) is 12.1. The maximum absolute atomic E-state index is 11.1. The van der Waals surface area contributed by atoms with Crippen molar-refractivity contribution >= 4 is 11.9 Å². The van der Waals surface area contributed by atoms with Crippen LogP contribution in [-0.4, -0.2) is 33.8 Å². The van der Waals surface area contributed by atoms with Crippen LogP contribution in [0.15, 0.2) is 12.4 Å². The Bertz CT molecular complexity index is 358. The summed E-state index contributed by atoms with van der Waals surface area (Å²) in [4.78, 5) is 21.7. The van der Waals surface area contributed by atoms with Crippen LogP contribution in [-0.2, 0) is 4.79 Å². The number of hydrogen-bond acceptors (Lipinski definition) is 3. The molecule has 1 unspecified atom stereocenters. The van der Waals surface area contributed by atoms with E-state index in [1.807, 2.05) is 0 Å². The third-order valence-corrected chi connectivity index (χ3v) is 1.84. The molecule has 14 heavy (non-hydrogen) atoms. The van der Waals surface area contributed by atoms with E-state index in [0.29, 0.717) is 5.56 Å². The van der Waals surface area contributed by atoms with E-state index in [4.69, 9.17) is 5.11 Å². The Balaban J connectivity index is 2.88. The van der Waals surface area contributed by atoms with Gasteiger partial charge in [-0.05, 0) is 6.92 Å². The van der Waals surface area contributed by atoms with Crippen LogP contribution in [0.5, 0.6) is 0 Å². The number of nitrogens with one attached hydrogen (secondary N) is 1. The first kappa shape index (κ1) is 10.2. The molecule has 6 heteroatoms. The molecule has 2 N–H and O–H groups in total. The second-order valence-corrected chi connectivity index (χ2v) is 2.80. The monoisotopic (exact) mass is 197 g/mol. The van der Waals surface area contributed by atoms with Gasteiger partial charge in [0, 0.05) is 13.2 Å². The molecule has 1 heterocycles. The third-order valence-electron chi connectivity index (χ3n) is 1.84. The lowest BCUT2D eigenvalue weighted by molar-refractivity contribution is -0.140. The van der Waals surface area contributed by atoms with Crippen LogP contribution in [0.3, 0.4) is 0 Å². The maximum atomic E-state index is 11.1. The lowest BCUT2D eigenvalue weighted by Gasteiger charge is -2.04. The molecule has 0 radical (unpaired) electrons. The van der Waals surface area contributed by atoms with Gasteiger partial charge in [0.05, 0.1) is 11.8 Å². The average molecular weight is 197 g/mol. The molecule has 1 rings (SSSR count). The number of carbonyl (C=O) groups excluding carboxylic acids is 1. The zero-order valence-corrected chi connectivity index (χ0v) is 7.89. The number of aliphatic carboxylic acids is 1. The Labute approximate surface area is 80.5 Å². The molecular weight excluding hydrogens is 186 g/mol. The van der Waals surface area contributed by atoms with Gasteiger partial charge in [-0.1, -0.05) is 0 Å². The van der Waals surface area contributed by atoms with E-state index in [1.165, 1.54) is 31.0 Å². The molecule has 0 saturated carbocycles. The summed E-state index contributed by atoms with van der Waals surface area (Å²) >= 11 is 0. The second kappa shape index (κ2) is 3.91. The van der Waals surface area contributed by atoms with Crippen molar-refractivity contribution in [3.63, 3.8) is 0 Å². The smallest absolute Gasteiger partial charge is 0.328 e. The average Bonchev–Trinajstić information content (AvgIpc) is 2.64. The molecule has 0 saturated heterocycles. The van der Waals surface area contributed by atoms with E-state index in [0.717, 1.165) is 0 Å². The predicted octanol–water partition coefficient (Wildman–Crippen LogP) is -0.112. The van der Waals surface area contributed by atoms with Crippen molar-refractivity contribution in [2.24, 2.45) is 0 Å². The van der Waals surface area contributed by atoms with E-state index in [-0.39, 0.29) is 5.91 Å². The largest absolute Gasteiger partial charge is 0.480 e. The number of amides is 1. The number of hydrogen-bond donors (Lipinski definition) is 2. The fourth-order valence-corrected chi connectivity index (χ4v) is 0.925. The number of carboxylic acid groups (broad SMARTS) is 1. The van der Waals surface area contributed by atoms with Crippen LogP contribution in [0, 0.1) is 0 Å². The third kappa shape index (κ3) is 1.90. The Morgan fingerprint density at radius 3 is 2.79 bits per heavy atom. The fourth-order valence-electron chi connectivity index (χ4n) is 0.925. The summed E-state index contributed by atoms with van der Waals surface area (Å²) in [6.45, 7) is 1.49. The van der Waals surface area contributed by atoms with Gasteiger partial charge in [-0.3, -0.25) is 9.48 Å². The molecule has 0 aliphatic heterocycles. The SMILES string of the molecule is CNC(=O)c1cnn(C(C)C(=O)O)c1. The van der Waals surface area contributed by atoms with Crippen LogP contribution in [0.2, 0.25) is 0 Å². The second-order valence-electron chi connectivity index (χ2n) is 2.80. The van der Waals surface area contributed by atoms with E-state index < -0.39 is 12.0 Å². The molecule has 1 amide bonds. The maximum Gasteiger partial charge on any atom is 0.328 e. The quantitative estimate of drug-likeness (QED) is 0.708. The van der Waals surface area contributed by atoms with Crippen molar-refractivity contribution in [2.75, 3.05) is 7.05 Å². The summed E-state index contributed by atoms with van der Waals surface area (Å²) < 4.78 is 1.23. The molecule has 0 aromatic carbocycles. The van der Waals surface area contributed by atoms with Crippen molar-refractivity contribution in [3.8, 4) is 0 Å². The van der Waals surface area contributed by atoms with Gasteiger partial charge in [-0.2, -0.15) is 5.10 Å². The highest BCUT2D eigenvalue weighted by Gasteiger charge is 2.15. The molecule has 0 aliphatic carbocycles. The Morgan fingerprint density at radius 1 is 1.64 bits per heavy atom. The van der Waals surface area contributed by atoms with Crippen molar-refractivity contribution < 1.29 is 14.7 Å². The molecule has 6 nitrogen and oxygen atoms in total. The summed E-state index contributed by atoms with van der Waals surface area (Å²) in [5.41, 5.74) is 0.348. The van der Waals surface area contributed by atoms with Crippen LogP contribution < -0.4 is 5.32 Å². The van der Waals surface area contributed by atoms with E-state index in [2.05, 4.69) is 10.4 Å². The van der Waals surface area contributed by atoms with Gasteiger partial charge in [0.2, 0.25) is 0 Å². The summed E-state index contributed by atoms with van der Waals surface area (Å²) in [5, 5.41) is 14.9. The summed E-state index contributed by atoms with van der Waals surface area (Å²) in [6, 6.07) is -0.770. The van der Waals surface area contributed by atoms with E-state index in [1.54, 1.807) is 0 Å². The highest BCUT2D eigenvalue weighted by atomic mass is 16.4. The van der Waals surface area contributed by atoms with Crippen LogP contribution in [0.1, 0.15) is 23.3 Å². The van der Waals surface area contributed by atoms with Gasteiger partial charge in [0.25, 0.3) is 5.91 Å². The summed E-state index contributed by atoms with van der Waals surface area (Å²) in [7, 11) is 1.50. The zero-order chi connectivity index (χ0) is 10.7. The summed E-state index contributed by atoms with van der Waals surface area (Å²) in [5.74, 6) is -1.27. The lowest BCUT2D eigenvalue weighted by atomic mass is 10.3. The lowest BCUT2D eigenvalue weighted by Crippen LogP contribution is -2.18. The van der Waals surface area contributed by atoms with Crippen LogP contribution in [0.25, 0.3) is 0 Å². The molecule has 0 spiro atoms. The Hall–Kier alpha value is -1.85. The summed E-state index contributed by atoms with van der Waals surface area (Å²) in [6.07, 6.45) is 2.73. The van der Waals surface area contributed by atoms with Gasteiger partial charge in [-0.15, -0.1) is 0 Å². The molecule has 0 fully saturated rings. The first-order valence-corrected chi connectivity index (χ1v) is 4.05. The highest BCUT2D eigenvalue weighted by molar-refractivity contribution is 5.93. The van der Waals surface area contributed by atoms with Gasteiger partial charge >= 0.3 is 5.97 Å². The predicted molar refractivity (Wildman–Crippen MR) is 48.0 cm³/mol. The first-order valence-electron chi connectivity index (χ1n) is 4.05. The van der Waals surface area contributed by atoms with E-state index in [9.17, 15) is 9.59 Å². The van der Waals surface area contributed by atoms with Crippen molar-refractivity contribution in [1.29, 1.82) is 0 Å². The van der Waals surface area contributed by atoms with E-state index >= 15 is 0 Å². The standard InChI is InChI=1S/C8H11N3O3/c1-5(8(13)14)11-4-6(3-10-11)7(12)9-2/h3-5H,1-2H3,(H,9,12)(H,13,14). The highest BCUT2D eigenvalue weighted by Crippen LogP contribution is 2.06. The Kier molecular flexibility index (Phi) is 2.85. The van der Waals surface area contributed by atoms with Crippen LogP contribution in [0.4, 0.5) is 0 Å². The van der Waals surface area contributed by atoms with Gasteiger partial charge < -0.3 is 10.4 Å². The van der Waals surface area contributed by atoms with Gasteiger partial charge in [-0.25, -0.2) is 4.79 Å². The Morgan fingerprint density at radius 2 is 2.29 bits per heavy atom. The molecule has 1 atom stereocenters. The molecule has 76 valence electrons. The molecule has 0 bridgehead atoms.